The zero-order valence-electron chi connectivity index (χ0n) is 26.3. The lowest BCUT2D eigenvalue weighted by molar-refractivity contribution is -0.151. The summed E-state index contributed by atoms with van der Waals surface area (Å²) in [7, 11) is 3.98. The van der Waals surface area contributed by atoms with Crippen LogP contribution in [0.3, 0.4) is 0 Å². The van der Waals surface area contributed by atoms with Crippen LogP contribution < -0.4 is 10.2 Å². The SMILES string of the molecule is CN[C@H]1CCN(c2cc(F)cc(/C=C(\C)[C@H]3OC(=O)C[C@@H](O)CC[C@@H](C)C(OC(=O)N4CCN(C)CC4)/C=C/[C@@H]3C)c2)C1. The van der Waals surface area contributed by atoms with E-state index < -0.39 is 24.3 Å². The maximum absolute atomic E-state index is 14.7. The molecule has 0 bridgehead atoms. The van der Waals surface area contributed by atoms with Crippen LogP contribution in [0.4, 0.5) is 14.9 Å². The molecule has 10 heteroatoms. The Bertz CT molecular complexity index is 1170. The first kappa shape index (κ1) is 33.0. The van der Waals surface area contributed by atoms with E-state index in [-0.39, 0.29) is 30.2 Å². The lowest BCUT2D eigenvalue weighted by Gasteiger charge is -2.33. The average molecular weight is 601 g/mol. The van der Waals surface area contributed by atoms with E-state index in [1.165, 1.54) is 6.07 Å². The van der Waals surface area contributed by atoms with E-state index in [9.17, 15) is 19.1 Å². The Morgan fingerprint density at radius 2 is 1.84 bits per heavy atom. The Hall–Kier alpha value is -2.95. The fourth-order valence-corrected chi connectivity index (χ4v) is 6.07. The highest BCUT2D eigenvalue weighted by atomic mass is 19.1. The smallest absolute Gasteiger partial charge is 0.410 e. The van der Waals surface area contributed by atoms with E-state index in [2.05, 4.69) is 15.1 Å². The van der Waals surface area contributed by atoms with E-state index in [1.807, 2.05) is 59.2 Å². The quantitative estimate of drug-likeness (QED) is 0.386. The summed E-state index contributed by atoms with van der Waals surface area (Å²) in [4.78, 5) is 32.0. The zero-order chi connectivity index (χ0) is 31.1. The van der Waals surface area contributed by atoms with Crippen molar-refractivity contribution in [3.8, 4) is 0 Å². The highest BCUT2D eigenvalue weighted by Crippen LogP contribution is 2.28. The van der Waals surface area contributed by atoms with Gasteiger partial charge >= 0.3 is 12.1 Å². The summed E-state index contributed by atoms with van der Waals surface area (Å²) in [5.41, 5.74) is 2.26. The Kier molecular flexibility index (Phi) is 11.6. The predicted molar refractivity (Wildman–Crippen MR) is 166 cm³/mol. The monoisotopic (exact) mass is 600 g/mol. The molecule has 1 aromatic carbocycles. The topological polar surface area (TPSA) is 94.6 Å². The number of carbonyl (C=O) groups is 2. The number of carbonyl (C=O) groups excluding carboxylic acids is 2. The number of benzene rings is 1. The third-order valence-corrected chi connectivity index (χ3v) is 8.97. The molecule has 9 nitrogen and oxygen atoms in total. The van der Waals surface area contributed by atoms with Crippen molar-refractivity contribution in [3.05, 3.63) is 47.3 Å². The number of hydrogen-bond acceptors (Lipinski definition) is 8. The van der Waals surface area contributed by atoms with Crippen LogP contribution in [0, 0.1) is 17.7 Å². The number of ether oxygens (including phenoxy) is 2. The van der Waals surface area contributed by atoms with Gasteiger partial charge in [-0.25, -0.2) is 9.18 Å². The molecule has 0 radical (unpaired) electrons. The van der Waals surface area contributed by atoms with Gasteiger partial charge in [-0.3, -0.25) is 4.79 Å². The van der Waals surface area contributed by atoms with Crippen LogP contribution in [-0.2, 0) is 14.3 Å². The third kappa shape index (κ3) is 9.27. The number of rotatable bonds is 5. The van der Waals surface area contributed by atoms with Gasteiger partial charge in [-0.15, -0.1) is 0 Å². The molecule has 0 saturated carbocycles. The van der Waals surface area contributed by atoms with Gasteiger partial charge in [-0.1, -0.05) is 26.0 Å². The molecule has 1 amide bonds. The Labute approximate surface area is 255 Å². The average Bonchev–Trinajstić information content (AvgIpc) is 3.45. The summed E-state index contributed by atoms with van der Waals surface area (Å²) >= 11 is 0. The molecule has 3 heterocycles. The van der Waals surface area contributed by atoms with Gasteiger partial charge < -0.3 is 34.6 Å². The first-order chi connectivity index (χ1) is 20.5. The normalized spacial score (nSPS) is 30.8. The molecule has 1 unspecified atom stereocenters. The number of anilines is 1. The molecule has 3 aliphatic heterocycles. The standard InChI is InChI=1S/C33H49FN4O5/c1-22-6-8-29(39)20-31(40)43-32(23(2)7-9-30(22)42-33(41)37-14-12-36(5)13-15-37)24(3)16-25-17-26(34)19-28(18-25)38-11-10-27(21-38)35-4/h7,9,16-19,22-23,27,29-30,32,35,39H,6,8,10-15,20-21H2,1-5H3/b9-7+,24-16+/t22-,23+,27+,29+,30?,32+/m1/s1. The highest BCUT2D eigenvalue weighted by molar-refractivity contribution is 5.71. The van der Waals surface area contributed by atoms with E-state index in [4.69, 9.17) is 9.47 Å². The summed E-state index contributed by atoms with van der Waals surface area (Å²) in [6, 6.07) is 5.37. The molecule has 1 aromatic rings. The molecular weight excluding hydrogens is 551 g/mol. The second-order valence-corrected chi connectivity index (χ2v) is 12.6. The second kappa shape index (κ2) is 15.2. The van der Waals surface area contributed by atoms with Gasteiger partial charge in [-0.2, -0.15) is 0 Å². The molecule has 4 rings (SSSR count). The van der Waals surface area contributed by atoms with Gasteiger partial charge in [0, 0.05) is 56.9 Å². The molecule has 0 aliphatic carbocycles. The number of aliphatic hydroxyl groups excluding tert-OH is 1. The number of nitrogens with one attached hydrogen (secondary N) is 1. The van der Waals surface area contributed by atoms with Crippen LogP contribution >= 0.6 is 0 Å². The van der Waals surface area contributed by atoms with Crippen molar-refractivity contribution in [2.75, 3.05) is 58.3 Å². The lowest BCUT2D eigenvalue weighted by atomic mass is 9.91. The van der Waals surface area contributed by atoms with E-state index in [0.717, 1.165) is 43.9 Å². The molecule has 2 N–H and O–H groups in total. The second-order valence-electron chi connectivity index (χ2n) is 12.6. The number of hydrogen-bond donors (Lipinski definition) is 2. The number of halogens is 1. The van der Waals surface area contributed by atoms with Crippen LogP contribution in [0.5, 0.6) is 0 Å². The minimum Gasteiger partial charge on any atom is -0.457 e. The minimum atomic E-state index is -0.861. The number of aliphatic hydroxyl groups is 1. The number of likely N-dealkylation sites (N-methyl/N-ethyl adjacent to an activating group) is 2. The Morgan fingerprint density at radius 3 is 2.53 bits per heavy atom. The van der Waals surface area contributed by atoms with Crippen molar-refractivity contribution in [1.82, 2.24) is 15.1 Å². The number of piperazine rings is 1. The molecule has 43 heavy (non-hydrogen) atoms. The van der Waals surface area contributed by atoms with Gasteiger partial charge in [0.05, 0.1) is 12.5 Å². The van der Waals surface area contributed by atoms with Crippen molar-refractivity contribution >= 4 is 23.8 Å². The largest absolute Gasteiger partial charge is 0.457 e. The highest BCUT2D eigenvalue weighted by Gasteiger charge is 2.29. The van der Waals surface area contributed by atoms with Gasteiger partial charge in [0.25, 0.3) is 0 Å². The maximum atomic E-state index is 14.7. The van der Waals surface area contributed by atoms with Crippen LogP contribution in [0.25, 0.3) is 6.08 Å². The van der Waals surface area contributed by atoms with Crippen LogP contribution in [0.15, 0.2) is 35.9 Å². The Morgan fingerprint density at radius 1 is 1.09 bits per heavy atom. The zero-order valence-corrected chi connectivity index (χ0v) is 26.3. The summed E-state index contributed by atoms with van der Waals surface area (Å²) in [5.74, 6) is -1.13. The number of cyclic esters (lactones) is 1. The summed E-state index contributed by atoms with van der Waals surface area (Å²) in [5, 5.41) is 13.9. The lowest BCUT2D eigenvalue weighted by Crippen LogP contribution is -2.48. The predicted octanol–water partition coefficient (Wildman–Crippen LogP) is 4.06. The fraction of sp³-hybridized carbons (Fsp3) is 0.636. The van der Waals surface area contributed by atoms with Crippen molar-refractivity contribution in [2.45, 2.75) is 70.8 Å². The summed E-state index contributed by atoms with van der Waals surface area (Å²) < 4.78 is 26.7. The number of esters is 1. The number of amides is 1. The number of nitrogens with zero attached hydrogens (tertiary/aromatic N) is 3. The molecule has 0 aromatic heterocycles. The van der Waals surface area contributed by atoms with Gasteiger partial charge in [0.1, 0.15) is 18.0 Å². The van der Waals surface area contributed by atoms with E-state index in [0.29, 0.717) is 37.5 Å². The van der Waals surface area contributed by atoms with Crippen molar-refractivity contribution < 1.29 is 28.6 Å². The Balaban J connectivity index is 1.55. The van der Waals surface area contributed by atoms with E-state index >= 15 is 0 Å². The van der Waals surface area contributed by atoms with Crippen LogP contribution in [0.1, 0.15) is 52.0 Å². The summed E-state index contributed by atoms with van der Waals surface area (Å²) in [6.07, 6.45) is 5.19. The molecule has 2 saturated heterocycles. The third-order valence-electron chi connectivity index (χ3n) is 8.97. The minimum absolute atomic E-state index is 0.0566. The molecule has 238 valence electrons. The summed E-state index contributed by atoms with van der Waals surface area (Å²) in [6.45, 7) is 10.3. The first-order valence-corrected chi connectivity index (χ1v) is 15.6. The van der Waals surface area contributed by atoms with Gasteiger partial charge in [-0.05, 0) is 81.6 Å². The molecular formula is C33H49FN4O5. The van der Waals surface area contributed by atoms with Crippen LogP contribution in [0.2, 0.25) is 0 Å². The van der Waals surface area contributed by atoms with Gasteiger partial charge in [0.2, 0.25) is 0 Å². The maximum Gasteiger partial charge on any atom is 0.410 e. The molecule has 6 atom stereocenters. The van der Waals surface area contributed by atoms with Crippen molar-refractivity contribution in [2.24, 2.45) is 11.8 Å². The van der Waals surface area contributed by atoms with Crippen molar-refractivity contribution in [1.29, 1.82) is 0 Å². The molecule has 0 spiro atoms. The molecule has 3 aliphatic rings. The van der Waals surface area contributed by atoms with Crippen LogP contribution in [-0.4, -0.2) is 105 Å². The van der Waals surface area contributed by atoms with Crippen molar-refractivity contribution in [3.63, 3.8) is 0 Å². The van der Waals surface area contributed by atoms with Gasteiger partial charge in [0.15, 0.2) is 0 Å². The molecule has 2 fully saturated rings. The first-order valence-electron chi connectivity index (χ1n) is 15.6. The fourth-order valence-electron chi connectivity index (χ4n) is 6.07. The van der Waals surface area contributed by atoms with E-state index in [1.54, 1.807) is 11.0 Å².